The Morgan fingerprint density at radius 1 is 1.03 bits per heavy atom. The van der Waals surface area contributed by atoms with Crippen LogP contribution in [0.1, 0.15) is 42.2 Å². The first-order chi connectivity index (χ1) is 15.5. The van der Waals surface area contributed by atoms with E-state index in [0.717, 1.165) is 33.8 Å². The van der Waals surface area contributed by atoms with Crippen molar-refractivity contribution in [2.24, 2.45) is 0 Å². The summed E-state index contributed by atoms with van der Waals surface area (Å²) >= 11 is 1.72. The fourth-order valence-electron chi connectivity index (χ4n) is 3.57. The summed E-state index contributed by atoms with van der Waals surface area (Å²) < 4.78 is 0. The van der Waals surface area contributed by atoms with E-state index in [4.69, 9.17) is 4.98 Å². The lowest BCUT2D eigenvalue weighted by atomic mass is 10.0. The molecule has 0 aliphatic heterocycles. The average Bonchev–Trinajstić information content (AvgIpc) is 3.25. The summed E-state index contributed by atoms with van der Waals surface area (Å²) in [5.74, 6) is 0.880. The van der Waals surface area contributed by atoms with E-state index in [0.29, 0.717) is 18.2 Å². The second kappa shape index (κ2) is 9.88. The van der Waals surface area contributed by atoms with E-state index >= 15 is 0 Å². The van der Waals surface area contributed by atoms with Gasteiger partial charge in [0.1, 0.15) is 10.8 Å². The zero-order chi connectivity index (χ0) is 22.5. The highest BCUT2D eigenvalue weighted by atomic mass is 32.1. The zero-order valence-corrected chi connectivity index (χ0v) is 19.4. The van der Waals surface area contributed by atoms with Gasteiger partial charge in [0, 0.05) is 22.2 Å². The minimum atomic E-state index is -0.0827. The molecule has 32 heavy (non-hydrogen) atoms. The maximum Gasteiger partial charge on any atom is 0.229 e. The van der Waals surface area contributed by atoms with E-state index in [1.54, 1.807) is 17.5 Å². The molecule has 2 aromatic heterocycles. The molecule has 2 aromatic carbocycles. The number of rotatable bonds is 7. The van der Waals surface area contributed by atoms with Crippen molar-refractivity contribution in [3.05, 3.63) is 88.9 Å². The van der Waals surface area contributed by atoms with Crippen LogP contribution in [-0.4, -0.2) is 15.9 Å². The summed E-state index contributed by atoms with van der Waals surface area (Å²) in [6.45, 7) is 6.56. The van der Waals surface area contributed by atoms with E-state index in [-0.39, 0.29) is 5.91 Å². The van der Waals surface area contributed by atoms with Crippen LogP contribution in [0.3, 0.4) is 0 Å². The number of hydrogen-bond donors (Lipinski definition) is 1. The number of carbonyl (C=O) groups excluding carboxylic acids is 1. The summed E-state index contributed by atoms with van der Waals surface area (Å²) in [5, 5.41) is 3.86. The topological polar surface area (TPSA) is 54.9 Å². The number of amides is 1. The largest absolute Gasteiger partial charge is 0.310 e. The lowest BCUT2D eigenvalue weighted by molar-refractivity contribution is -0.115. The number of thiazole rings is 1. The summed E-state index contributed by atoms with van der Waals surface area (Å²) in [6.07, 6.45) is 3.10. The van der Waals surface area contributed by atoms with Crippen molar-refractivity contribution in [2.75, 3.05) is 5.32 Å². The molecule has 4 aromatic rings. The maximum absolute atomic E-state index is 12.5. The third-order valence-electron chi connectivity index (χ3n) is 5.49. The molecule has 1 unspecified atom stereocenters. The molecule has 1 atom stereocenters. The summed E-state index contributed by atoms with van der Waals surface area (Å²) in [7, 11) is 0. The lowest BCUT2D eigenvalue weighted by Crippen LogP contribution is -2.15. The number of benzene rings is 2. The molecule has 4 nitrogen and oxygen atoms in total. The fourth-order valence-corrected chi connectivity index (χ4v) is 4.79. The number of nitrogens with one attached hydrogen (secondary N) is 1. The highest BCUT2D eigenvalue weighted by Gasteiger charge is 2.19. The number of pyridine rings is 1. The van der Waals surface area contributed by atoms with E-state index in [1.165, 1.54) is 10.4 Å². The van der Waals surface area contributed by atoms with Crippen LogP contribution in [-0.2, 0) is 11.2 Å². The van der Waals surface area contributed by atoms with Crippen molar-refractivity contribution in [1.82, 2.24) is 9.97 Å². The van der Waals surface area contributed by atoms with Crippen LogP contribution >= 0.6 is 11.3 Å². The average molecular weight is 442 g/mol. The van der Waals surface area contributed by atoms with Crippen LogP contribution in [0.25, 0.3) is 21.8 Å². The second-order valence-corrected chi connectivity index (χ2v) is 9.08. The monoisotopic (exact) mass is 441 g/mol. The smallest absolute Gasteiger partial charge is 0.229 e. The van der Waals surface area contributed by atoms with Crippen LogP contribution in [0, 0.1) is 6.92 Å². The van der Waals surface area contributed by atoms with Crippen molar-refractivity contribution in [3.8, 4) is 21.8 Å². The fraction of sp³-hybridized carbons (Fsp3) is 0.222. The van der Waals surface area contributed by atoms with Gasteiger partial charge in [-0.1, -0.05) is 67.9 Å². The van der Waals surface area contributed by atoms with E-state index in [2.05, 4.69) is 55.3 Å². The molecule has 0 bridgehead atoms. The summed E-state index contributed by atoms with van der Waals surface area (Å²) in [4.78, 5) is 23.1. The van der Waals surface area contributed by atoms with E-state index in [9.17, 15) is 4.79 Å². The van der Waals surface area contributed by atoms with Crippen LogP contribution in [0.4, 0.5) is 5.82 Å². The number of anilines is 1. The first-order valence-corrected chi connectivity index (χ1v) is 11.7. The first-order valence-electron chi connectivity index (χ1n) is 10.9. The number of nitrogens with zero attached hydrogens (tertiary/aromatic N) is 2. The quantitative estimate of drug-likeness (QED) is 0.340. The van der Waals surface area contributed by atoms with Gasteiger partial charge in [0.2, 0.25) is 5.91 Å². The number of aromatic nitrogens is 2. The van der Waals surface area contributed by atoms with Gasteiger partial charge in [-0.2, -0.15) is 0 Å². The Hall–Kier alpha value is -3.31. The number of carbonyl (C=O) groups is 1. The van der Waals surface area contributed by atoms with Crippen LogP contribution in [0.2, 0.25) is 0 Å². The predicted octanol–water partition coefficient (Wildman–Crippen LogP) is 6.88. The predicted molar refractivity (Wildman–Crippen MR) is 133 cm³/mol. The molecule has 5 heteroatoms. The third-order valence-corrected chi connectivity index (χ3v) is 6.82. The van der Waals surface area contributed by atoms with Gasteiger partial charge in [0.15, 0.2) is 0 Å². The molecule has 0 aliphatic carbocycles. The minimum absolute atomic E-state index is 0.0827. The van der Waals surface area contributed by atoms with Crippen molar-refractivity contribution in [2.45, 2.75) is 39.5 Å². The van der Waals surface area contributed by atoms with Gasteiger partial charge in [-0.05, 0) is 43.0 Å². The zero-order valence-electron chi connectivity index (χ0n) is 18.6. The summed E-state index contributed by atoms with van der Waals surface area (Å²) in [6, 6.07) is 22.1. The van der Waals surface area contributed by atoms with Gasteiger partial charge in [-0.25, -0.2) is 9.97 Å². The Bertz CT molecular complexity index is 1220. The van der Waals surface area contributed by atoms with E-state index < -0.39 is 0 Å². The maximum atomic E-state index is 12.5. The Kier molecular flexibility index (Phi) is 6.76. The lowest BCUT2D eigenvalue weighted by Gasteiger charge is -2.08. The Labute approximate surface area is 193 Å². The van der Waals surface area contributed by atoms with Crippen molar-refractivity contribution in [1.29, 1.82) is 0 Å². The molecule has 0 aliphatic rings. The number of hydrogen-bond acceptors (Lipinski definition) is 4. The molecule has 0 saturated carbocycles. The first kappa shape index (κ1) is 21.9. The highest BCUT2D eigenvalue weighted by molar-refractivity contribution is 7.15. The van der Waals surface area contributed by atoms with Crippen LogP contribution in [0.15, 0.2) is 72.9 Å². The molecule has 0 saturated heterocycles. The van der Waals surface area contributed by atoms with Gasteiger partial charge in [0.05, 0.1) is 12.1 Å². The number of aryl methyl sites for hydroxylation is 1. The Morgan fingerprint density at radius 3 is 2.59 bits per heavy atom. The van der Waals surface area contributed by atoms with Crippen molar-refractivity contribution >= 4 is 23.1 Å². The molecule has 2 heterocycles. The third kappa shape index (κ3) is 5.11. The Morgan fingerprint density at radius 2 is 1.84 bits per heavy atom. The highest BCUT2D eigenvalue weighted by Crippen LogP contribution is 2.39. The normalized spacial score (nSPS) is 11.8. The van der Waals surface area contributed by atoms with Gasteiger partial charge < -0.3 is 5.32 Å². The summed E-state index contributed by atoms with van der Waals surface area (Å²) in [5.41, 5.74) is 5.35. The molecule has 0 fully saturated rings. The van der Waals surface area contributed by atoms with Crippen molar-refractivity contribution in [3.63, 3.8) is 0 Å². The molecular weight excluding hydrogens is 414 g/mol. The van der Waals surface area contributed by atoms with Crippen LogP contribution < -0.4 is 5.32 Å². The standard InChI is InChI=1S/C27H27N3OS/c1-4-19(3)26-25(21-12-8-9-18(2)15-21)30-27(32-26)22-13-14-28-23(17-22)29-24(31)16-20-10-6-5-7-11-20/h5-15,17,19H,4,16H2,1-3H3,(H,28,29,31). The molecule has 0 spiro atoms. The van der Waals surface area contributed by atoms with Gasteiger partial charge in [0.25, 0.3) is 0 Å². The van der Waals surface area contributed by atoms with Crippen LogP contribution in [0.5, 0.6) is 0 Å². The van der Waals surface area contributed by atoms with Crippen molar-refractivity contribution < 1.29 is 4.79 Å². The van der Waals surface area contributed by atoms with E-state index in [1.807, 2.05) is 42.5 Å². The molecule has 0 radical (unpaired) electrons. The molecule has 4 rings (SSSR count). The SMILES string of the molecule is CCC(C)c1sc(-c2ccnc(NC(=O)Cc3ccccc3)c2)nc1-c1cccc(C)c1. The molecule has 1 N–H and O–H groups in total. The Balaban J connectivity index is 1.62. The molecule has 1 amide bonds. The minimum Gasteiger partial charge on any atom is -0.310 e. The van der Waals surface area contributed by atoms with Gasteiger partial charge in [-0.15, -0.1) is 11.3 Å². The second-order valence-electron chi connectivity index (χ2n) is 8.05. The molecule has 162 valence electrons. The van der Waals surface area contributed by atoms with Gasteiger partial charge >= 0.3 is 0 Å². The van der Waals surface area contributed by atoms with Gasteiger partial charge in [-0.3, -0.25) is 4.79 Å². The molecular formula is C27H27N3OS.